The summed E-state index contributed by atoms with van der Waals surface area (Å²) in [4.78, 5) is 25.3. The van der Waals surface area contributed by atoms with Crippen molar-refractivity contribution in [2.75, 3.05) is 20.2 Å². The van der Waals surface area contributed by atoms with Gasteiger partial charge in [0.25, 0.3) is 0 Å². The Morgan fingerprint density at radius 1 is 1.32 bits per heavy atom. The lowest BCUT2D eigenvalue weighted by Crippen LogP contribution is -2.50. The van der Waals surface area contributed by atoms with Gasteiger partial charge in [0.2, 0.25) is 5.91 Å². The molecule has 1 amide bonds. The Hall–Kier alpha value is -1.10. The smallest absolute Gasteiger partial charge is 0.329 e. The fraction of sp³-hybridized carbons (Fsp3) is 0.857. The van der Waals surface area contributed by atoms with Gasteiger partial charge in [-0.25, -0.2) is 4.79 Å². The van der Waals surface area contributed by atoms with Crippen LogP contribution in [0.4, 0.5) is 0 Å². The molecule has 0 aromatic carbocycles. The largest absolute Gasteiger partial charge is 0.467 e. The van der Waals surface area contributed by atoms with Gasteiger partial charge >= 0.3 is 5.97 Å². The minimum absolute atomic E-state index is 0.185. The predicted molar refractivity (Wildman–Crippen MR) is 71.6 cm³/mol. The average Bonchev–Trinajstić information content (AvgIpc) is 2.80. The lowest BCUT2D eigenvalue weighted by molar-refractivity contribution is -0.145. The van der Waals surface area contributed by atoms with E-state index in [4.69, 9.17) is 4.74 Å². The number of nitrogens with zero attached hydrogens (tertiary/aromatic N) is 1. The van der Waals surface area contributed by atoms with Crippen molar-refractivity contribution in [1.82, 2.24) is 10.2 Å². The molecule has 108 valence electrons. The lowest BCUT2D eigenvalue weighted by Gasteiger charge is -2.33. The first-order chi connectivity index (χ1) is 9.11. The van der Waals surface area contributed by atoms with Crippen molar-refractivity contribution in [2.24, 2.45) is 5.92 Å². The van der Waals surface area contributed by atoms with E-state index >= 15 is 0 Å². The number of amides is 1. The van der Waals surface area contributed by atoms with Gasteiger partial charge in [0.05, 0.1) is 7.11 Å². The molecule has 3 unspecified atom stereocenters. The maximum atomic E-state index is 11.7. The molecule has 0 radical (unpaired) electrons. The SMILES string of the molecule is COC(=O)C(CN1CCC2CCCCC21)NC(C)=O. The van der Waals surface area contributed by atoms with Crippen LogP contribution in [-0.2, 0) is 14.3 Å². The minimum atomic E-state index is -0.539. The second-order valence-corrected chi connectivity index (χ2v) is 5.67. The summed E-state index contributed by atoms with van der Waals surface area (Å²) in [6.07, 6.45) is 6.36. The topological polar surface area (TPSA) is 58.6 Å². The third-order valence-electron chi connectivity index (χ3n) is 4.41. The highest BCUT2D eigenvalue weighted by Crippen LogP contribution is 2.36. The van der Waals surface area contributed by atoms with E-state index in [0.717, 1.165) is 12.5 Å². The number of nitrogens with one attached hydrogen (secondary N) is 1. The van der Waals surface area contributed by atoms with E-state index in [9.17, 15) is 9.59 Å². The highest BCUT2D eigenvalue weighted by molar-refractivity contribution is 5.83. The van der Waals surface area contributed by atoms with Gasteiger partial charge in [0.15, 0.2) is 0 Å². The van der Waals surface area contributed by atoms with Crippen LogP contribution in [0.25, 0.3) is 0 Å². The van der Waals surface area contributed by atoms with Crippen molar-refractivity contribution in [1.29, 1.82) is 0 Å². The van der Waals surface area contributed by atoms with Crippen LogP contribution in [-0.4, -0.2) is 49.1 Å². The molecule has 0 bridgehead atoms. The van der Waals surface area contributed by atoms with Gasteiger partial charge in [-0.1, -0.05) is 12.8 Å². The monoisotopic (exact) mass is 268 g/mol. The number of carbonyl (C=O) groups is 2. The molecule has 1 saturated carbocycles. The molecule has 2 aliphatic rings. The summed E-state index contributed by atoms with van der Waals surface area (Å²) in [7, 11) is 1.37. The molecular weight excluding hydrogens is 244 g/mol. The van der Waals surface area contributed by atoms with E-state index in [1.54, 1.807) is 0 Å². The van der Waals surface area contributed by atoms with Crippen LogP contribution in [0.1, 0.15) is 39.0 Å². The molecule has 1 aliphatic carbocycles. The Morgan fingerprint density at radius 3 is 2.74 bits per heavy atom. The Morgan fingerprint density at radius 2 is 2.05 bits per heavy atom. The molecule has 1 saturated heterocycles. The Labute approximate surface area is 114 Å². The molecule has 5 nitrogen and oxygen atoms in total. The Balaban J connectivity index is 1.96. The molecule has 0 spiro atoms. The number of ether oxygens (including phenoxy) is 1. The van der Waals surface area contributed by atoms with E-state index in [-0.39, 0.29) is 11.9 Å². The summed E-state index contributed by atoms with van der Waals surface area (Å²) in [6, 6.07) is 0.0536. The number of esters is 1. The van der Waals surface area contributed by atoms with E-state index in [0.29, 0.717) is 12.6 Å². The molecular formula is C14H24N2O3. The minimum Gasteiger partial charge on any atom is -0.467 e. The van der Waals surface area contributed by atoms with E-state index in [1.807, 2.05) is 0 Å². The summed E-state index contributed by atoms with van der Waals surface area (Å²) in [6.45, 7) is 3.04. The van der Waals surface area contributed by atoms with Crippen molar-refractivity contribution in [3.8, 4) is 0 Å². The maximum Gasteiger partial charge on any atom is 0.329 e. The van der Waals surface area contributed by atoms with Crippen molar-refractivity contribution >= 4 is 11.9 Å². The fourth-order valence-electron chi connectivity index (χ4n) is 3.53. The normalized spacial score (nSPS) is 28.5. The Kier molecular flexibility index (Phi) is 4.80. The van der Waals surface area contributed by atoms with Gasteiger partial charge in [-0.15, -0.1) is 0 Å². The van der Waals surface area contributed by atoms with Crippen LogP contribution in [0.15, 0.2) is 0 Å². The molecule has 1 heterocycles. The molecule has 5 heteroatoms. The van der Waals surface area contributed by atoms with Crippen LogP contribution in [0.5, 0.6) is 0 Å². The predicted octanol–water partition coefficient (Wildman–Crippen LogP) is 0.929. The maximum absolute atomic E-state index is 11.7. The third-order valence-corrected chi connectivity index (χ3v) is 4.41. The first kappa shape index (κ1) is 14.3. The average molecular weight is 268 g/mol. The summed E-state index contributed by atoms with van der Waals surface area (Å²) in [5.41, 5.74) is 0. The van der Waals surface area contributed by atoms with Crippen LogP contribution >= 0.6 is 0 Å². The van der Waals surface area contributed by atoms with Crippen molar-refractivity contribution in [3.05, 3.63) is 0 Å². The van der Waals surface area contributed by atoms with Gasteiger partial charge in [0, 0.05) is 19.5 Å². The second kappa shape index (κ2) is 6.37. The molecule has 0 aromatic heterocycles. The molecule has 1 N–H and O–H groups in total. The lowest BCUT2D eigenvalue weighted by atomic mass is 9.85. The number of hydrogen-bond donors (Lipinski definition) is 1. The number of methoxy groups -OCH3 is 1. The number of fused-ring (bicyclic) bond motifs is 1. The van der Waals surface area contributed by atoms with Crippen molar-refractivity contribution in [3.63, 3.8) is 0 Å². The quantitative estimate of drug-likeness (QED) is 0.771. The van der Waals surface area contributed by atoms with Gasteiger partial charge in [0.1, 0.15) is 6.04 Å². The van der Waals surface area contributed by atoms with E-state index in [2.05, 4.69) is 10.2 Å². The molecule has 0 aromatic rings. The zero-order valence-corrected chi connectivity index (χ0v) is 11.9. The highest BCUT2D eigenvalue weighted by Gasteiger charge is 2.37. The molecule has 19 heavy (non-hydrogen) atoms. The summed E-state index contributed by atoms with van der Waals surface area (Å²) in [5, 5.41) is 2.70. The number of hydrogen-bond acceptors (Lipinski definition) is 4. The zero-order valence-electron chi connectivity index (χ0n) is 11.9. The summed E-state index contributed by atoms with van der Waals surface area (Å²) >= 11 is 0. The second-order valence-electron chi connectivity index (χ2n) is 5.67. The van der Waals surface area contributed by atoms with Gasteiger partial charge in [-0.2, -0.15) is 0 Å². The number of carbonyl (C=O) groups excluding carboxylic acids is 2. The molecule has 1 aliphatic heterocycles. The first-order valence-corrected chi connectivity index (χ1v) is 7.20. The van der Waals surface area contributed by atoms with Gasteiger partial charge in [-0.3, -0.25) is 9.69 Å². The fourth-order valence-corrected chi connectivity index (χ4v) is 3.53. The Bertz CT molecular complexity index is 346. The zero-order chi connectivity index (χ0) is 13.8. The summed E-state index contributed by atoms with van der Waals surface area (Å²) in [5.74, 6) is 0.244. The van der Waals surface area contributed by atoms with Crippen LogP contribution in [0, 0.1) is 5.92 Å². The number of rotatable bonds is 4. The number of likely N-dealkylation sites (tertiary alicyclic amines) is 1. The van der Waals surface area contributed by atoms with Crippen LogP contribution < -0.4 is 5.32 Å². The van der Waals surface area contributed by atoms with Crippen molar-refractivity contribution in [2.45, 2.75) is 51.1 Å². The van der Waals surface area contributed by atoms with Crippen molar-refractivity contribution < 1.29 is 14.3 Å². The molecule has 2 fully saturated rings. The molecule has 2 rings (SSSR count). The third kappa shape index (κ3) is 3.47. The van der Waals surface area contributed by atoms with Gasteiger partial charge < -0.3 is 10.1 Å². The standard InChI is InChI=1S/C14H24N2O3/c1-10(17)15-12(14(18)19-2)9-16-8-7-11-5-3-4-6-13(11)16/h11-13H,3-9H2,1-2H3,(H,15,17). The van der Waals surface area contributed by atoms with E-state index < -0.39 is 6.04 Å². The molecule has 3 atom stereocenters. The van der Waals surface area contributed by atoms with Crippen LogP contribution in [0.3, 0.4) is 0 Å². The van der Waals surface area contributed by atoms with Crippen LogP contribution in [0.2, 0.25) is 0 Å². The first-order valence-electron chi connectivity index (χ1n) is 7.20. The van der Waals surface area contributed by atoms with Gasteiger partial charge in [-0.05, 0) is 31.7 Å². The van der Waals surface area contributed by atoms with E-state index in [1.165, 1.54) is 46.1 Å². The highest BCUT2D eigenvalue weighted by atomic mass is 16.5. The summed E-state index contributed by atoms with van der Waals surface area (Å²) < 4.78 is 4.78.